The normalized spacial score (nSPS) is 10.5. The van der Waals surface area contributed by atoms with Gasteiger partial charge < -0.3 is 10.6 Å². The van der Waals surface area contributed by atoms with Crippen molar-refractivity contribution in [3.63, 3.8) is 0 Å². The molecule has 2 aromatic carbocycles. The zero-order valence-electron chi connectivity index (χ0n) is 13.1. The van der Waals surface area contributed by atoms with Crippen LogP contribution in [0.4, 0.5) is 26.2 Å². The van der Waals surface area contributed by atoms with E-state index >= 15 is 0 Å². The molecule has 3 rings (SSSR count). The molecule has 25 heavy (non-hydrogen) atoms. The molecule has 128 valence electrons. The maximum Gasteiger partial charge on any atom is 0.229 e. The molecule has 3 aromatic rings. The summed E-state index contributed by atoms with van der Waals surface area (Å²) in [7, 11) is 0. The standard InChI is InChI=1S/C18H15ClF2N4/c19-15-11-14(5-6-16(15)21)24-18-23-10-8-17(25-18)22-9-7-12-1-3-13(20)4-2-12/h1-6,8,10-11H,7,9H2,(H2,22,23,24,25). The third kappa shape index (κ3) is 4.87. The van der Waals surface area contributed by atoms with Gasteiger partial charge in [-0.1, -0.05) is 23.7 Å². The van der Waals surface area contributed by atoms with Crippen LogP contribution in [0.5, 0.6) is 0 Å². The molecule has 0 amide bonds. The Morgan fingerprint density at radius 3 is 2.56 bits per heavy atom. The maximum atomic E-state index is 13.2. The molecule has 7 heteroatoms. The van der Waals surface area contributed by atoms with Gasteiger partial charge in [0.25, 0.3) is 0 Å². The lowest BCUT2D eigenvalue weighted by Gasteiger charge is -2.09. The van der Waals surface area contributed by atoms with Crippen LogP contribution in [0.15, 0.2) is 54.7 Å². The minimum absolute atomic E-state index is 0.0265. The van der Waals surface area contributed by atoms with E-state index in [-0.39, 0.29) is 10.8 Å². The number of benzene rings is 2. The van der Waals surface area contributed by atoms with Gasteiger partial charge in [-0.25, -0.2) is 13.8 Å². The summed E-state index contributed by atoms with van der Waals surface area (Å²) in [5, 5.41) is 6.18. The fourth-order valence-electron chi connectivity index (χ4n) is 2.21. The molecule has 0 aliphatic carbocycles. The highest BCUT2D eigenvalue weighted by molar-refractivity contribution is 6.31. The minimum atomic E-state index is -0.482. The SMILES string of the molecule is Fc1ccc(CCNc2ccnc(Nc3ccc(F)c(Cl)c3)n2)cc1. The van der Waals surface area contributed by atoms with Gasteiger partial charge in [0.1, 0.15) is 17.5 Å². The first kappa shape index (κ1) is 17.1. The predicted molar refractivity (Wildman–Crippen MR) is 95.3 cm³/mol. The van der Waals surface area contributed by atoms with Crippen molar-refractivity contribution in [1.29, 1.82) is 0 Å². The van der Waals surface area contributed by atoms with Crippen LogP contribution in [0.25, 0.3) is 0 Å². The molecule has 0 aliphatic heterocycles. The average molecular weight is 361 g/mol. The van der Waals surface area contributed by atoms with E-state index in [1.54, 1.807) is 30.5 Å². The molecule has 4 nitrogen and oxygen atoms in total. The van der Waals surface area contributed by atoms with Gasteiger partial charge in [0.15, 0.2) is 0 Å². The highest BCUT2D eigenvalue weighted by Gasteiger charge is 2.04. The summed E-state index contributed by atoms with van der Waals surface area (Å²) in [5.41, 5.74) is 1.62. The summed E-state index contributed by atoms with van der Waals surface area (Å²) in [4.78, 5) is 8.46. The lowest BCUT2D eigenvalue weighted by molar-refractivity contribution is 0.627. The van der Waals surface area contributed by atoms with Crippen LogP contribution in [0.3, 0.4) is 0 Å². The van der Waals surface area contributed by atoms with E-state index in [0.717, 1.165) is 12.0 Å². The molecule has 0 radical (unpaired) electrons. The molecule has 1 aromatic heterocycles. The number of halogens is 3. The lowest BCUT2D eigenvalue weighted by Crippen LogP contribution is -2.07. The van der Waals surface area contributed by atoms with Gasteiger partial charge in [-0.15, -0.1) is 0 Å². The third-order valence-corrected chi connectivity index (χ3v) is 3.75. The van der Waals surface area contributed by atoms with Gasteiger partial charge in [-0.05, 0) is 48.4 Å². The topological polar surface area (TPSA) is 49.8 Å². The van der Waals surface area contributed by atoms with E-state index in [2.05, 4.69) is 20.6 Å². The Morgan fingerprint density at radius 2 is 1.80 bits per heavy atom. The van der Waals surface area contributed by atoms with Crippen molar-refractivity contribution in [3.05, 3.63) is 76.9 Å². The van der Waals surface area contributed by atoms with Gasteiger partial charge >= 0.3 is 0 Å². The van der Waals surface area contributed by atoms with Gasteiger partial charge in [-0.2, -0.15) is 4.98 Å². The zero-order chi connectivity index (χ0) is 17.6. The number of nitrogens with zero attached hydrogens (tertiary/aromatic N) is 2. The molecule has 0 bridgehead atoms. The van der Waals surface area contributed by atoms with Crippen molar-refractivity contribution in [2.45, 2.75) is 6.42 Å². The van der Waals surface area contributed by atoms with Crippen LogP contribution in [0.2, 0.25) is 5.02 Å². The largest absolute Gasteiger partial charge is 0.370 e. The van der Waals surface area contributed by atoms with Crippen molar-refractivity contribution in [2.75, 3.05) is 17.2 Å². The Labute approximate surface area is 148 Å². The fourth-order valence-corrected chi connectivity index (χ4v) is 2.39. The summed E-state index contributed by atoms with van der Waals surface area (Å²) >= 11 is 5.76. The van der Waals surface area contributed by atoms with Crippen molar-refractivity contribution in [1.82, 2.24) is 9.97 Å². The molecule has 1 heterocycles. The summed E-state index contributed by atoms with van der Waals surface area (Å²) in [6, 6.07) is 12.4. The monoisotopic (exact) mass is 360 g/mol. The molecule has 0 spiro atoms. The minimum Gasteiger partial charge on any atom is -0.370 e. The van der Waals surface area contributed by atoms with Gasteiger partial charge in [0.05, 0.1) is 5.02 Å². The molecule has 0 saturated carbocycles. The first-order valence-corrected chi connectivity index (χ1v) is 8.01. The first-order valence-electron chi connectivity index (χ1n) is 7.63. The van der Waals surface area contributed by atoms with Crippen LogP contribution in [-0.4, -0.2) is 16.5 Å². The van der Waals surface area contributed by atoms with E-state index in [1.165, 1.54) is 24.3 Å². The summed E-state index contributed by atoms with van der Waals surface area (Å²) < 4.78 is 26.1. The summed E-state index contributed by atoms with van der Waals surface area (Å²) in [6.45, 7) is 0.643. The Hall–Kier alpha value is -2.73. The van der Waals surface area contributed by atoms with E-state index < -0.39 is 5.82 Å². The van der Waals surface area contributed by atoms with Crippen LogP contribution < -0.4 is 10.6 Å². The Kier molecular flexibility index (Phi) is 5.40. The molecule has 2 N–H and O–H groups in total. The highest BCUT2D eigenvalue weighted by atomic mass is 35.5. The van der Waals surface area contributed by atoms with Gasteiger partial charge in [0.2, 0.25) is 5.95 Å². The quantitative estimate of drug-likeness (QED) is 0.662. The van der Waals surface area contributed by atoms with Crippen molar-refractivity contribution in [3.8, 4) is 0 Å². The van der Waals surface area contributed by atoms with E-state index in [9.17, 15) is 8.78 Å². The average Bonchev–Trinajstić information content (AvgIpc) is 2.60. The van der Waals surface area contributed by atoms with Crippen molar-refractivity contribution >= 4 is 29.1 Å². The number of aromatic nitrogens is 2. The fraction of sp³-hybridized carbons (Fsp3) is 0.111. The molecule has 0 aliphatic rings. The van der Waals surface area contributed by atoms with E-state index in [0.29, 0.717) is 24.0 Å². The van der Waals surface area contributed by atoms with Crippen LogP contribution in [0.1, 0.15) is 5.56 Å². The van der Waals surface area contributed by atoms with Gasteiger partial charge in [-0.3, -0.25) is 0 Å². The Balaban J connectivity index is 1.59. The van der Waals surface area contributed by atoms with E-state index in [4.69, 9.17) is 11.6 Å². The maximum absolute atomic E-state index is 13.2. The Morgan fingerprint density at radius 1 is 1.00 bits per heavy atom. The molecule has 0 atom stereocenters. The third-order valence-electron chi connectivity index (χ3n) is 3.46. The van der Waals surface area contributed by atoms with Crippen molar-refractivity contribution < 1.29 is 8.78 Å². The first-order chi connectivity index (χ1) is 12.1. The van der Waals surface area contributed by atoms with Crippen LogP contribution in [0, 0.1) is 11.6 Å². The molecule has 0 saturated heterocycles. The smallest absolute Gasteiger partial charge is 0.229 e. The number of anilines is 3. The lowest BCUT2D eigenvalue weighted by atomic mass is 10.1. The second kappa shape index (κ2) is 7.90. The van der Waals surface area contributed by atoms with Crippen LogP contribution >= 0.6 is 11.6 Å². The zero-order valence-corrected chi connectivity index (χ0v) is 13.9. The second-order valence-corrected chi connectivity index (χ2v) is 5.73. The van der Waals surface area contributed by atoms with Gasteiger partial charge in [0, 0.05) is 18.4 Å². The highest BCUT2D eigenvalue weighted by Crippen LogP contribution is 2.21. The molecular formula is C18H15ClF2N4. The molecular weight excluding hydrogens is 346 g/mol. The summed E-state index contributed by atoms with van der Waals surface area (Å²) in [6.07, 6.45) is 2.35. The number of hydrogen-bond acceptors (Lipinski definition) is 4. The van der Waals surface area contributed by atoms with E-state index in [1.807, 2.05) is 0 Å². The molecule has 0 fully saturated rings. The summed E-state index contributed by atoms with van der Waals surface area (Å²) in [5.74, 6) is 0.288. The number of rotatable bonds is 6. The second-order valence-electron chi connectivity index (χ2n) is 5.32. The predicted octanol–water partition coefficient (Wildman–Crippen LogP) is 4.81. The molecule has 0 unspecified atom stereocenters. The van der Waals surface area contributed by atoms with Crippen molar-refractivity contribution in [2.24, 2.45) is 0 Å². The Bertz CT molecular complexity index is 856. The number of hydrogen-bond donors (Lipinski definition) is 2. The number of nitrogens with one attached hydrogen (secondary N) is 2. The van der Waals surface area contributed by atoms with Crippen LogP contribution in [-0.2, 0) is 6.42 Å².